The number of hydrogen-bond donors (Lipinski definition) is 2. The van der Waals surface area contributed by atoms with Crippen molar-refractivity contribution in [2.24, 2.45) is 5.73 Å². The average Bonchev–Trinajstić information content (AvgIpc) is 3.04. The highest BCUT2D eigenvalue weighted by atomic mass is 35.5. The minimum Gasteiger partial charge on any atom is -0.366 e. The third-order valence-electron chi connectivity index (χ3n) is 3.51. The zero-order valence-corrected chi connectivity index (χ0v) is 14.9. The Labute approximate surface area is 157 Å². The maximum Gasteiger partial charge on any atom is 0.251 e. The number of thiazole rings is 1. The molecule has 0 unspecified atom stereocenters. The number of carbonyl (C=O) groups is 2. The van der Waals surface area contributed by atoms with Crippen LogP contribution in [0, 0.1) is 5.82 Å². The molecule has 8 heteroatoms. The van der Waals surface area contributed by atoms with Gasteiger partial charge in [0.2, 0.25) is 5.91 Å². The molecule has 0 atom stereocenters. The van der Waals surface area contributed by atoms with E-state index in [1.54, 1.807) is 11.4 Å². The summed E-state index contributed by atoms with van der Waals surface area (Å²) in [4.78, 5) is 27.8. The van der Waals surface area contributed by atoms with Crippen LogP contribution in [-0.4, -0.2) is 16.8 Å². The predicted molar refractivity (Wildman–Crippen MR) is 99.8 cm³/mol. The van der Waals surface area contributed by atoms with Gasteiger partial charge in [0, 0.05) is 16.6 Å². The Kier molecular flexibility index (Phi) is 5.29. The molecule has 3 rings (SSSR count). The zero-order chi connectivity index (χ0) is 18.7. The monoisotopic (exact) mass is 389 g/mol. The molecule has 0 aliphatic heterocycles. The molecule has 26 heavy (non-hydrogen) atoms. The molecule has 0 saturated heterocycles. The highest BCUT2D eigenvalue weighted by Gasteiger charge is 2.13. The number of nitrogens with zero attached hydrogens (tertiary/aromatic N) is 1. The summed E-state index contributed by atoms with van der Waals surface area (Å²) >= 11 is 7.54. The molecule has 3 N–H and O–H groups in total. The molecular formula is C18H13ClFN3O2S. The Morgan fingerprint density at radius 2 is 2.00 bits per heavy atom. The van der Waals surface area contributed by atoms with Gasteiger partial charge in [-0.05, 0) is 24.3 Å². The summed E-state index contributed by atoms with van der Waals surface area (Å²) in [5, 5.41) is 5.68. The van der Waals surface area contributed by atoms with Crippen molar-refractivity contribution in [1.82, 2.24) is 4.98 Å². The number of aromatic nitrogens is 1. The molecule has 0 aliphatic carbocycles. The van der Waals surface area contributed by atoms with Crippen molar-refractivity contribution in [3.8, 4) is 10.6 Å². The van der Waals surface area contributed by atoms with E-state index in [0.717, 1.165) is 16.6 Å². The van der Waals surface area contributed by atoms with Gasteiger partial charge < -0.3 is 11.1 Å². The number of halogens is 2. The SMILES string of the molecule is NC(=O)c1cc(NC(=O)Cc2csc(-c3ccccc3Cl)n2)ccc1F. The van der Waals surface area contributed by atoms with Crippen LogP contribution >= 0.6 is 22.9 Å². The number of primary amides is 1. The lowest BCUT2D eigenvalue weighted by molar-refractivity contribution is -0.115. The first kappa shape index (κ1) is 18.0. The van der Waals surface area contributed by atoms with Crippen LogP contribution in [0.1, 0.15) is 16.1 Å². The van der Waals surface area contributed by atoms with Crippen LogP contribution in [0.4, 0.5) is 10.1 Å². The average molecular weight is 390 g/mol. The Bertz CT molecular complexity index is 990. The maximum absolute atomic E-state index is 13.5. The molecule has 2 aromatic carbocycles. The fourth-order valence-corrected chi connectivity index (χ4v) is 3.45. The Hall–Kier alpha value is -2.77. The van der Waals surface area contributed by atoms with Crippen LogP contribution < -0.4 is 11.1 Å². The summed E-state index contributed by atoms with van der Waals surface area (Å²) in [7, 11) is 0. The Morgan fingerprint density at radius 1 is 1.23 bits per heavy atom. The van der Waals surface area contributed by atoms with Crippen molar-refractivity contribution in [3.63, 3.8) is 0 Å². The quantitative estimate of drug-likeness (QED) is 0.694. The van der Waals surface area contributed by atoms with Crippen LogP contribution in [0.15, 0.2) is 47.8 Å². The molecule has 132 valence electrons. The van der Waals surface area contributed by atoms with E-state index in [1.807, 2.05) is 18.2 Å². The molecule has 3 aromatic rings. The number of rotatable bonds is 5. The van der Waals surface area contributed by atoms with Gasteiger partial charge in [0.1, 0.15) is 10.8 Å². The summed E-state index contributed by atoms with van der Waals surface area (Å²) in [5.41, 5.74) is 6.49. The Balaban J connectivity index is 1.71. The molecule has 0 saturated carbocycles. The smallest absolute Gasteiger partial charge is 0.251 e. The highest BCUT2D eigenvalue weighted by Crippen LogP contribution is 2.30. The number of nitrogens with one attached hydrogen (secondary N) is 1. The van der Waals surface area contributed by atoms with Crippen molar-refractivity contribution in [3.05, 3.63) is 69.9 Å². The Morgan fingerprint density at radius 3 is 2.73 bits per heavy atom. The lowest BCUT2D eigenvalue weighted by Gasteiger charge is -2.06. The second-order valence-corrected chi connectivity index (χ2v) is 6.67. The predicted octanol–water partition coefficient (Wildman–Crippen LogP) is 3.88. The standard InChI is InChI=1S/C18H13ClFN3O2S/c19-14-4-2-1-3-12(14)18-23-11(9-26-18)8-16(24)22-10-5-6-15(20)13(7-10)17(21)25/h1-7,9H,8H2,(H2,21,25)(H,22,24). The van der Waals surface area contributed by atoms with Crippen molar-refractivity contribution in [2.45, 2.75) is 6.42 Å². The summed E-state index contributed by atoms with van der Waals surface area (Å²) in [5.74, 6) is -1.98. The first-order valence-electron chi connectivity index (χ1n) is 7.52. The van der Waals surface area contributed by atoms with Gasteiger partial charge in [-0.2, -0.15) is 0 Å². The van der Waals surface area contributed by atoms with Crippen LogP contribution in [0.5, 0.6) is 0 Å². The van der Waals surface area contributed by atoms with Crippen LogP contribution in [-0.2, 0) is 11.2 Å². The number of carbonyl (C=O) groups excluding carboxylic acids is 2. The second kappa shape index (κ2) is 7.63. The highest BCUT2D eigenvalue weighted by molar-refractivity contribution is 7.13. The van der Waals surface area contributed by atoms with Gasteiger partial charge >= 0.3 is 0 Å². The molecule has 0 bridgehead atoms. The molecular weight excluding hydrogens is 377 g/mol. The van der Waals surface area contributed by atoms with Gasteiger partial charge in [0.05, 0.1) is 22.7 Å². The van der Waals surface area contributed by atoms with Gasteiger partial charge in [-0.3, -0.25) is 9.59 Å². The summed E-state index contributed by atoms with van der Waals surface area (Å²) in [6.45, 7) is 0. The van der Waals surface area contributed by atoms with Crippen LogP contribution in [0.25, 0.3) is 10.6 Å². The van der Waals surface area contributed by atoms with Gasteiger partial charge in [-0.15, -0.1) is 11.3 Å². The van der Waals surface area contributed by atoms with E-state index >= 15 is 0 Å². The first-order valence-corrected chi connectivity index (χ1v) is 8.78. The molecule has 0 spiro atoms. The van der Waals surface area contributed by atoms with E-state index in [-0.39, 0.29) is 23.6 Å². The summed E-state index contributed by atoms with van der Waals surface area (Å²) < 4.78 is 13.5. The molecule has 0 aliphatic rings. The third-order valence-corrected chi connectivity index (χ3v) is 4.77. The number of hydrogen-bond acceptors (Lipinski definition) is 4. The largest absolute Gasteiger partial charge is 0.366 e. The topological polar surface area (TPSA) is 85.1 Å². The van der Waals surface area contributed by atoms with Gasteiger partial charge in [0.15, 0.2) is 0 Å². The summed E-state index contributed by atoms with van der Waals surface area (Å²) in [6.07, 6.45) is 0.0320. The fraction of sp³-hybridized carbons (Fsp3) is 0.0556. The zero-order valence-electron chi connectivity index (χ0n) is 13.3. The van der Waals surface area contributed by atoms with E-state index in [0.29, 0.717) is 10.7 Å². The minimum absolute atomic E-state index is 0.0320. The number of anilines is 1. The molecule has 0 radical (unpaired) electrons. The van der Waals surface area contributed by atoms with Crippen molar-refractivity contribution < 1.29 is 14.0 Å². The molecule has 0 fully saturated rings. The van der Waals surface area contributed by atoms with Crippen LogP contribution in [0.3, 0.4) is 0 Å². The van der Waals surface area contributed by atoms with Crippen molar-refractivity contribution >= 4 is 40.4 Å². The third kappa shape index (κ3) is 4.07. The van der Waals surface area contributed by atoms with Crippen LogP contribution in [0.2, 0.25) is 5.02 Å². The number of nitrogens with two attached hydrogens (primary N) is 1. The minimum atomic E-state index is -0.900. The first-order chi connectivity index (χ1) is 12.4. The number of amides is 2. The van der Waals surface area contributed by atoms with E-state index in [9.17, 15) is 14.0 Å². The van der Waals surface area contributed by atoms with E-state index in [2.05, 4.69) is 10.3 Å². The van der Waals surface area contributed by atoms with Crippen molar-refractivity contribution in [1.29, 1.82) is 0 Å². The molecule has 1 aromatic heterocycles. The van der Waals surface area contributed by atoms with Crippen molar-refractivity contribution in [2.75, 3.05) is 5.32 Å². The number of benzene rings is 2. The molecule has 2 amide bonds. The lowest BCUT2D eigenvalue weighted by atomic mass is 10.1. The molecule has 1 heterocycles. The lowest BCUT2D eigenvalue weighted by Crippen LogP contribution is -2.17. The molecule has 5 nitrogen and oxygen atoms in total. The maximum atomic E-state index is 13.5. The fourth-order valence-electron chi connectivity index (χ4n) is 2.31. The second-order valence-electron chi connectivity index (χ2n) is 5.41. The van der Waals surface area contributed by atoms with Gasteiger partial charge in [-0.25, -0.2) is 9.37 Å². The van der Waals surface area contributed by atoms with Gasteiger partial charge in [-0.1, -0.05) is 29.8 Å². The van der Waals surface area contributed by atoms with E-state index < -0.39 is 11.7 Å². The van der Waals surface area contributed by atoms with Gasteiger partial charge in [0.25, 0.3) is 5.91 Å². The summed E-state index contributed by atoms with van der Waals surface area (Å²) in [6, 6.07) is 11.0. The normalized spacial score (nSPS) is 10.5. The van der Waals surface area contributed by atoms with E-state index in [1.165, 1.54) is 23.5 Å². The van der Waals surface area contributed by atoms with E-state index in [4.69, 9.17) is 17.3 Å².